The first-order chi connectivity index (χ1) is 13.1. The van der Waals surface area contributed by atoms with Gasteiger partial charge in [0.2, 0.25) is 5.91 Å². The molecule has 28 heavy (non-hydrogen) atoms. The van der Waals surface area contributed by atoms with Crippen molar-refractivity contribution in [3.05, 3.63) is 70.3 Å². The molecule has 2 aromatic carbocycles. The van der Waals surface area contributed by atoms with Gasteiger partial charge in [-0.2, -0.15) is 0 Å². The first-order valence-electron chi connectivity index (χ1n) is 8.46. The normalized spacial score (nSPS) is 11.1. The number of benzene rings is 2. The van der Waals surface area contributed by atoms with Crippen LogP contribution in [0.25, 0.3) is 6.08 Å². The highest BCUT2D eigenvalue weighted by Crippen LogP contribution is 2.16. The molecule has 0 aliphatic rings. The molecule has 0 heterocycles. The van der Waals surface area contributed by atoms with Crippen molar-refractivity contribution in [2.45, 2.75) is 26.4 Å². The Labute approximate surface area is 162 Å². The maximum absolute atomic E-state index is 12.0. The minimum Gasteiger partial charge on any atom is -0.444 e. The summed E-state index contributed by atoms with van der Waals surface area (Å²) >= 11 is 0. The van der Waals surface area contributed by atoms with E-state index in [1.807, 2.05) is 0 Å². The lowest BCUT2D eigenvalue weighted by Crippen LogP contribution is -2.27. The predicted molar refractivity (Wildman–Crippen MR) is 107 cm³/mol. The molecule has 0 aliphatic heterocycles. The molecular formula is C20H21N3O5. The van der Waals surface area contributed by atoms with E-state index in [-0.39, 0.29) is 11.6 Å². The maximum Gasteiger partial charge on any atom is 0.412 e. The fraction of sp³-hybridized carbons (Fsp3) is 0.200. The van der Waals surface area contributed by atoms with Gasteiger partial charge in [0.15, 0.2) is 0 Å². The molecule has 0 saturated carbocycles. The van der Waals surface area contributed by atoms with E-state index in [1.54, 1.807) is 63.2 Å². The molecule has 0 fully saturated rings. The first-order valence-corrected chi connectivity index (χ1v) is 8.46. The van der Waals surface area contributed by atoms with Gasteiger partial charge < -0.3 is 10.1 Å². The third kappa shape index (κ3) is 6.91. The Morgan fingerprint density at radius 1 is 0.964 bits per heavy atom. The van der Waals surface area contributed by atoms with Gasteiger partial charge in [-0.3, -0.25) is 20.2 Å². The summed E-state index contributed by atoms with van der Waals surface area (Å²) in [5.74, 6) is -0.355. The number of carbonyl (C=O) groups excluding carboxylic acids is 2. The number of ether oxygens (including phenoxy) is 1. The van der Waals surface area contributed by atoms with Crippen LogP contribution in [-0.2, 0) is 9.53 Å². The zero-order valence-electron chi connectivity index (χ0n) is 15.8. The lowest BCUT2D eigenvalue weighted by molar-refractivity contribution is -0.384. The van der Waals surface area contributed by atoms with Crippen molar-refractivity contribution in [2.24, 2.45) is 0 Å². The van der Waals surface area contributed by atoms with Crippen LogP contribution in [0.5, 0.6) is 0 Å². The van der Waals surface area contributed by atoms with E-state index < -0.39 is 16.6 Å². The predicted octanol–water partition coefficient (Wildman–Crippen LogP) is 4.59. The topological polar surface area (TPSA) is 111 Å². The molecule has 0 atom stereocenters. The first kappa shape index (κ1) is 20.6. The van der Waals surface area contributed by atoms with Crippen LogP contribution in [-0.4, -0.2) is 22.5 Å². The van der Waals surface area contributed by atoms with Gasteiger partial charge in [0.05, 0.1) is 4.92 Å². The average molecular weight is 383 g/mol. The number of non-ortho nitro benzene ring substituents is 1. The minimum absolute atomic E-state index is 0.0123. The molecule has 2 rings (SSSR count). The summed E-state index contributed by atoms with van der Waals surface area (Å²) in [4.78, 5) is 33.8. The van der Waals surface area contributed by atoms with E-state index in [2.05, 4.69) is 10.6 Å². The Hall–Kier alpha value is -3.68. The molecule has 0 radical (unpaired) electrons. The Balaban J connectivity index is 1.90. The second-order valence-electron chi connectivity index (χ2n) is 6.88. The van der Waals surface area contributed by atoms with Crippen LogP contribution < -0.4 is 10.6 Å². The molecule has 0 saturated heterocycles. The van der Waals surface area contributed by atoms with E-state index >= 15 is 0 Å². The Morgan fingerprint density at radius 2 is 1.50 bits per heavy atom. The van der Waals surface area contributed by atoms with Crippen LogP contribution >= 0.6 is 0 Å². The fourth-order valence-corrected chi connectivity index (χ4v) is 2.12. The third-order valence-electron chi connectivity index (χ3n) is 3.33. The quantitative estimate of drug-likeness (QED) is 0.445. The summed E-state index contributed by atoms with van der Waals surface area (Å²) in [6.45, 7) is 5.32. The second kappa shape index (κ2) is 8.81. The molecule has 8 heteroatoms. The van der Waals surface area contributed by atoms with Crippen molar-refractivity contribution < 1.29 is 19.2 Å². The van der Waals surface area contributed by atoms with Gasteiger partial charge >= 0.3 is 6.09 Å². The number of carbonyl (C=O) groups is 2. The van der Waals surface area contributed by atoms with E-state index in [1.165, 1.54) is 18.2 Å². The highest BCUT2D eigenvalue weighted by molar-refractivity contribution is 6.02. The van der Waals surface area contributed by atoms with Crippen LogP contribution in [0.1, 0.15) is 26.3 Å². The number of anilines is 2. The molecule has 8 nitrogen and oxygen atoms in total. The lowest BCUT2D eigenvalue weighted by atomic mass is 10.2. The van der Waals surface area contributed by atoms with Gasteiger partial charge in [-0.25, -0.2) is 4.79 Å². The van der Waals surface area contributed by atoms with Crippen molar-refractivity contribution in [1.29, 1.82) is 0 Å². The lowest BCUT2D eigenvalue weighted by Gasteiger charge is -2.19. The fourth-order valence-electron chi connectivity index (χ4n) is 2.12. The number of hydrogen-bond acceptors (Lipinski definition) is 5. The summed E-state index contributed by atoms with van der Waals surface area (Å²) in [7, 11) is 0. The van der Waals surface area contributed by atoms with Crippen molar-refractivity contribution in [1.82, 2.24) is 0 Å². The van der Waals surface area contributed by atoms with Gasteiger partial charge in [-0.1, -0.05) is 0 Å². The number of nitro benzene ring substituents is 1. The zero-order chi connectivity index (χ0) is 20.7. The molecule has 0 bridgehead atoms. The highest BCUT2D eigenvalue weighted by atomic mass is 16.6. The Bertz CT molecular complexity index is 882. The van der Waals surface area contributed by atoms with Gasteiger partial charge in [-0.05, 0) is 68.8 Å². The van der Waals surface area contributed by atoms with Crippen LogP contribution in [0.15, 0.2) is 54.6 Å². The zero-order valence-corrected chi connectivity index (χ0v) is 15.8. The van der Waals surface area contributed by atoms with E-state index in [9.17, 15) is 19.7 Å². The van der Waals surface area contributed by atoms with Gasteiger partial charge in [-0.15, -0.1) is 0 Å². The summed E-state index contributed by atoms with van der Waals surface area (Å²) in [6.07, 6.45) is 2.32. The number of nitrogens with zero attached hydrogens (tertiary/aromatic N) is 1. The van der Waals surface area contributed by atoms with Gasteiger partial charge in [0.25, 0.3) is 5.69 Å². The van der Waals surface area contributed by atoms with Crippen LogP contribution in [0, 0.1) is 10.1 Å². The summed E-state index contributed by atoms with van der Waals surface area (Å²) in [5, 5.41) is 15.9. The summed E-state index contributed by atoms with van der Waals surface area (Å²) in [6, 6.07) is 12.4. The van der Waals surface area contributed by atoms with E-state index in [0.29, 0.717) is 16.9 Å². The maximum atomic E-state index is 12.0. The number of rotatable bonds is 5. The molecule has 0 aromatic heterocycles. The SMILES string of the molecule is CC(C)(C)OC(=O)Nc1ccc(NC(=O)C=Cc2ccc([N+](=O)[O-])cc2)cc1. The molecule has 0 aliphatic carbocycles. The van der Waals surface area contributed by atoms with Crippen molar-refractivity contribution in [2.75, 3.05) is 10.6 Å². The Kier molecular flexibility index (Phi) is 6.49. The standard InChI is InChI=1S/C20H21N3O5/c1-20(2,3)28-19(25)22-16-9-7-15(8-10-16)21-18(24)13-6-14-4-11-17(12-5-14)23(26)27/h4-13H,1-3H3,(H,21,24)(H,22,25). The molecule has 2 amide bonds. The highest BCUT2D eigenvalue weighted by Gasteiger charge is 2.16. The monoisotopic (exact) mass is 383 g/mol. The smallest absolute Gasteiger partial charge is 0.412 e. The average Bonchev–Trinajstić information content (AvgIpc) is 2.60. The number of amides is 2. The summed E-state index contributed by atoms with van der Waals surface area (Å²) in [5.41, 5.74) is 1.15. The van der Waals surface area contributed by atoms with Gasteiger partial charge in [0, 0.05) is 29.6 Å². The van der Waals surface area contributed by atoms with E-state index in [4.69, 9.17) is 4.74 Å². The second-order valence-corrected chi connectivity index (χ2v) is 6.88. The molecule has 2 aromatic rings. The van der Waals surface area contributed by atoms with Crippen molar-refractivity contribution in [3.63, 3.8) is 0 Å². The van der Waals surface area contributed by atoms with Gasteiger partial charge in [0.1, 0.15) is 5.60 Å². The molecule has 0 spiro atoms. The van der Waals surface area contributed by atoms with Crippen LogP contribution in [0.3, 0.4) is 0 Å². The molecular weight excluding hydrogens is 362 g/mol. The molecule has 146 valence electrons. The molecule has 0 unspecified atom stereocenters. The van der Waals surface area contributed by atoms with Crippen molar-refractivity contribution in [3.8, 4) is 0 Å². The summed E-state index contributed by atoms with van der Waals surface area (Å²) < 4.78 is 5.16. The van der Waals surface area contributed by atoms with Crippen molar-refractivity contribution >= 4 is 35.1 Å². The van der Waals surface area contributed by atoms with Crippen LogP contribution in [0.2, 0.25) is 0 Å². The number of nitro groups is 1. The largest absolute Gasteiger partial charge is 0.444 e. The minimum atomic E-state index is -0.589. The third-order valence-corrected chi connectivity index (χ3v) is 3.33. The molecule has 2 N–H and O–H groups in total. The Morgan fingerprint density at radius 3 is 2.00 bits per heavy atom. The van der Waals surface area contributed by atoms with Crippen LogP contribution in [0.4, 0.5) is 21.9 Å². The van der Waals surface area contributed by atoms with E-state index in [0.717, 1.165) is 0 Å². The number of nitrogens with one attached hydrogen (secondary N) is 2. The number of hydrogen-bond donors (Lipinski definition) is 2.